The van der Waals surface area contributed by atoms with Crippen molar-refractivity contribution in [2.24, 2.45) is 22.7 Å². The summed E-state index contributed by atoms with van der Waals surface area (Å²) in [6.45, 7) is 8.23. The molecule has 1 unspecified atom stereocenters. The summed E-state index contributed by atoms with van der Waals surface area (Å²) in [5, 5.41) is 9.48. The van der Waals surface area contributed by atoms with Gasteiger partial charge in [-0.1, -0.05) is 13.3 Å². The number of esters is 1. The van der Waals surface area contributed by atoms with Crippen molar-refractivity contribution in [3.05, 3.63) is 0 Å². The first-order valence-corrected chi connectivity index (χ1v) is 10.4. The number of fused-ring (bicyclic) bond motifs is 4. The minimum absolute atomic E-state index is 0.0278. The molecule has 0 aromatic rings. The number of rotatable bonds is 3. The van der Waals surface area contributed by atoms with E-state index in [0.29, 0.717) is 11.8 Å². The quantitative estimate of drug-likeness (QED) is 0.350. The van der Waals surface area contributed by atoms with Crippen LogP contribution in [0.2, 0.25) is 0 Å². The zero-order valence-electron chi connectivity index (χ0n) is 17.0. The summed E-state index contributed by atoms with van der Waals surface area (Å²) in [4.78, 5) is 17.5. The molecule has 8 atom stereocenters. The highest BCUT2D eigenvalue weighted by Gasteiger charge is 2.88. The fourth-order valence-corrected chi connectivity index (χ4v) is 7.90. The number of methoxy groups -OCH3 is 1. The van der Waals surface area contributed by atoms with Crippen LogP contribution in [-0.4, -0.2) is 47.3 Å². The van der Waals surface area contributed by atoms with Gasteiger partial charge in [0.1, 0.15) is 17.3 Å². The van der Waals surface area contributed by atoms with E-state index in [4.69, 9.17) is 19.1 Å². The molecule has 1 N–H and O–H groups in total. The lowest BCUT2D eigenvalue weighted by Gasteiger charge is -2.59. The Hall–Kier alpha value is -0.690. The fourth-order valence-electron chi connectivity index (χ4n) is 7.90. The molecule has 2 heterocycles. The first kappa shape index (κ1) is 18.3. The second kappa shape index (κ2) is 5.07. The van der Waals surface area contributed by atoms with Crippen LogP contribution in [-0.2, 0) is 23.9 Å². The molecule has 6 nitrogen and oxygen atoms in total. The highest BCUT2D eigenvalue weighted by Crippen LogP contribution is 2.77. The largest absolute Gasteiger partial charge is 0.469 e. The smallest absolute Gasteiger partial charge is 0.311 e. The van der Waals surface area contributed by atoms with E-state index in [9.17, 15) is 10.1 Å². The van der Waals surface area contributed by atoms with Crippen LogP contribution in [0, 0.1) is 22.7 Å². The molecule has 152 valence electrons. The summed E-state index contributed by atoms with van der Waals surface area (Å²) >= 11 is 0. The molecule has 0 amide bonds. The van der Waals surface area contributed by atoms with Gasteiger partial charge < -0.3 is 14.2 Å². The van der Waals surface area contributed by atoms with Gasteiger partial charge in [-0.05, 0) is 70.1 Å². The molecule has 0 radical (unpaired) electrons. The van der Waals surface area contributed by atoms with Gasteiger partial charge in [-0.3, -0.25) is 10.1 Å². The standard InChI is InChI=1S/C21H32O6/c1-17(2,27-23)21-14(25-21)11-13-18(3)8-6-9-19(4,16(22)24-5)12(18)7-10-20(13)15(21)26-20/h12-15,23H,6-11H2,1-5H3/t12?,13-,14+,15-,18+,19+,20-,21+/m1/s1. The van der Waals surface area contributed by atoms with Crippen LogP contribution in [0.3, 0.4) is 0 Å². The number of epoxide rings is 2. The Morgan fingerprint density at radius 1 is 1.15 bits per heavy atom. The molecule has 2 saturated heterocycles. The third-order valence-corrected chi connectivity index (χ3v) is 9.33. The van der Waals surface area contributed by atoms with Crippen LogP contribution in [0.1, 0.15) is 66.2 Å². The lowest BCUT2D eigenvalue weighted by Crippen LogP contribution is -2.62. The number of ether oxygens (including phenoxy) is 3. The van der Waals surface area contributed by atoms with E-state index in [1.165, 1.54) is 7.11 Å². The third-order valence-electron chi connectivity index (χ3n) is 9.33. The molecule has 27 heavy (non-hydrogen) atoms. The number of hydrogen-bond acceptors (Lipinski definition) is 6. The number of carbonyl (C=O) groups is 1. The average Bonchev–Trinajstić information content (AvgIpc) is 3.51. The molecular weight excluding hydrogens is 348 g/mol. The molecule has 3 aliphatic carbocycles. The maximum absolute atomic E-state index is 12.7. The van der Waals surface area contributed by atoms with Gasteiger partial charge in [0.25, 0.3) is 0 Å². The molecular formula is C21H32O6. The maximum atomic E-state index is 12.7. The van der Waals surface area contributed by atoms with Crippen molar-refractivity contribution in [2.75, 3.05) is 7.11 Å². The Bertz CT molecular complexity index is 692. The number of carbonyl (C=O) groups excluding carboxylic acids is 1. The van der Waals surface area contributed by atoms with Gasteiger partial charge in [0.2, 0.25) is 0 Å². The van der Waals surface area contributed by atoms with Crippen molar-refractivity contribution in [2.45, 2.75) is 95.2 Å². The summed E-state index contributed by atoms with van der Waals surface area (Å²) in [6, 6.07) is 0. The van der Waals surface area contributed by atoms with Crippen LogP contribution in [0.5, 0.6) is 0 Å². The average molecular weight is 380 g/mol. The van der Waals surface area contributed by atoms with Crippen molar-refractivity contribution >= 4 is 5.97 Å². The van der Waals surface area contributed by atoms with E-state index >= 15 is 0 Å². The second-order valence-electron chi connectivity index (χ2n) is 10.6. The molecule has 5 fully saturated rings. The van der Waals surface area contributed by atoms with Gasteiger partial charge in [0, 0.05) is 0 Å². The molecule has 2 aliphatic heterocycles. The van der Waals surface area contributed by atoms with Crippen molar-refractivity contribution in [1.29, 1.82) is 0 Å². The topological polar surface area (TPSA) is 80.8 Å². The lowest BCUT2D eigenvalue weighted by atomic mass is 9.43. The zero-order valence-corrected chi connectivity index (χ0v) is 17.0. The van der Waals surface area contributed by atoms with E-state index in [2.05, 4.69) is 13.8 Å². The monoisotopic (exact) mass is 380 g/mol. The van der Waals surface area contributed by atoms with Gasteiger partial charge in [0.05, 0.1) is 18.6 Å². The van der Waals surface area contributed by atoms with Crippen LogP contribution in [0.25, 0.3) is 0 Å². The van der Waals surface area contributed by atoms with Crippen molar-refractivity contribution in [1.82, 2.24) is 0 Å². The highest BCUT2D eigenvalue weighted by molar-refractivity contribution is 5.77. The van der Waals surface area contributed by atoms with E-state index in [1.807, 2.05) is 13.8 Å². The molecule has 0 aromatic heterocycles. The van der Waals surface area contributed by atoms with Crippen LogP contribution >= 0.6 is 0 Å². The summed E-state index contributed by atoms with van der Waals surface area (Å²) in [5.74, 6) is 0.610. The van der Waals surface area contributed by atoms with Gasteiger partial charge in [0.15, 0.2) is 5.60 Å². The summed E-state index contributed by atoms with van der Waals surface area (Å²) in [5.41, 5.74) is -1.90. The third kappa shape index (κ3) is 1.89. The fraction of sp³-hybridized carbons (Fsp3) is 0.952. The predicted octanol–water partition coefficient (Wildman–Crippen LogP) is 3.33. The van der Waals surface area contributed by atoms with Gasteiger partial charge in [-0.2, -0.15) is 0 Å². The van der Waals surface area contributed by atoms with E-state index in [1.54, 1.807) is 0 Å². The predicted molar refractivity (Wildman–Crippen MR) is 95.9 cm³/mol. The van der Waals surface area contributed by atoms with Crippen LogP contribution in [0.4, 0.5) is 0 Å². The van der Waals surface area contributed by atoms with Crippen molar-refractivity contribution in [3.63, 3.8) is 0 Å². The minimum Gasteiger partial charge on any atom is -0.469 e. The molecule has 1 spiro atoms. The van der Waals surface area contributed by atoms with Crippen molar-refractivity contribution < 1.29 is 29.1 Å². The van der Waals surface area contributed by atoms with Crippen LogP contribution < -0.4 is 0 Å². The Morgan fingerprint density at radius 3 is 2.56 bits per heavy atom. The van der Waals surface area contributed by atoms with Crippen LogP contribution in [0.15, 0.2) is 0 Å². The zero-order chi connectivity index (χ0) is 19.5. The van der Waals surface area contributed by atoms with Gasteiger partial charge in [-0.25, -0.2) is 4.89 Å². The Labute approximate surface area is 160 Å². The molecule has 3 saturated carbocycles. The van der Waals surface area contributed by atoms with Crippen molar-refractivity contribution in [3.8, 4) is 0 Å². The summed E-state index contributed by atoms with van der Waals surface area (Å²) < 4.78 is 17.9. The first-order chi connectivity index (χ1) is 12.6. The summed E-state index contributed by atoms with van der Waals surface area (Å²) in [7, 11) is 1.51. The van der Waals surface area contributed by atoms with E-state index in [-0.39, 0.29) is 29.2 Å². The van der Waals surface area contributed by atoms with E-state index < -0.39 is 16.6 Å². The Morgan fingerprint density at radius 2 is 1.89 bits per heavy atom. The number of hydrogen-bond donors (Lipinski definition) is 1. The summed E-state index contributed by atoms with van der Waals surface area (Å²) in [6.07, 6.45) is 5.90. The second-order valence-corrected chi connectivity index (χ2v) is 10.6. The van der Waals surface area contributed by atoms with E-state index in [0.717, 1.165) is 38.5 Å². The maximum Gasteiger partial charge on any atom is 0.311 e. The van der Waals surface area contributed by atoms with Gasteiger partial charge in [-0.15, -0.1) is 0 Å². The lowest BCUT2D eigenvalue weighted by molar-refractivity contribution is -0.330. The first-order valence-electron chi connectivity index (χ1n) is 10.4. The minimum atomic E-state index is -0.790. The Balaban J connectivity index is 1.50. The molecule has 0 bridgehead atoms. The van der Waals surface area contributed by atoms with Gasteiger partial charge >= 0.3 is 5.97 Å². The molecule has 5 rings (SSSR count). The molecule has 0 aromatic carbocycles. The highest BCUT2D eigenvalue weighted by atomic mass is 17.1. The SMILES string of the molecule is COC(=O)[C@@]1(C)CCC[C@@]2(C)C1CC[C@]13O[C@H]1[C@@]1(C(C)(C)OO)O[C@H]1C[C@@H]32. The normalized spacial score (nSPS) is 55.5. The molecule has 6 heteroatoms. The molecule has 5 aliphatic rings. The Kier molecular flexibility index (Phi) is 3.45.